The Morgan fingerprint density at radius 3 is 2.42 bits per heavy atom. The van der Waals surface area contributed by atoms with Crippen molar-refractivity contribution in [2.24, 2.45) is 0 Å². The van der Waals surface area contributed by atoms with Gasteiger partial charge < -0.3 is 9.64 Å². The van der Waals surface area contributed by atoms with Crippen LogP contribution in [0.4, 0.5) is 0 Å². The Balaban J connectivity index is 1.23. The van der Waals surface area contributed by atoms with Crippen molar-refractivity contribution in [3.8, 4) is 11.4 Å². The Morgan fingerprint density at radius 2 is 1.72 bits per heavy atom. The van der Waals surface area contributed by atoms with Gasteiger partial charge >= 0.3 is 0 Å². The summed E-state index contributed by atoms with van der Waals surface area (Å²) in [6.45, 7) is 1.10. The zero-order valence-electron chi connectivity index (χ0n) is 19.7. The molecule has 1 aliphatic rings. The van der Waals surface area contributed by atoms with E-state index < -0.39 is 9.84 Å². The third-order valence-corrected chi connectivity index (χ3v) is 7.46. The van der Waals surface area contributed by atoms with Crippen LogP contribution in [0.25, 0.3) is 16.6 Å². The van der Waals surface area contributed by atoms with E-state index in [-0.39, 0.29) is 22.5 Å². The molecule has 1 aliphatic heterocycles. The van der Waals surface area contributed by atoms with Crippen LogP contribution in [-0.2, 0) is 9.84 Å². The number of benzene rings is 2. The van der Waals surface area contributed by atoms with Gasteiger partial charge in [-0.3, -0.25) is 19.1 Å². The number of carbonyl (C=O) groups is 1. The van der Waals surface area contributed by atoms with Gasteiger partial charge in [0.25, 0.3) is 11.5 Å². The molecule has 5 rings (SSSR count). The van der Waals surface area contributed by atoms with Gasteiger partial charge in [-0.05, 0) is 42.5 Å². The summed E-state index contributed by atoms with van der Waals surface area (Å²) in [5.74, 6) is 0.425. The van der Waals surface area contributed by atoms with Crippen molar-refractivity contribution in [2.45, 2.75) is 23.8 Å². The van der Waals surface area contributed by atoms with Gasteiger partial charge in [-0.1, -0.05) is 18.2 Å². The lowest BCUT2D eigenvalue weighted by atomic mass is 10.0. The summed E-state index contributed by atoms with van der Waals surface area (Å²) in [6, 6.07) is 18.7. The second-order valence-corrected chi connectivity index (χ2v) is 10.8. The number of hydrogen-bond acceptors (Lipinski definition) is 6. The number of hydrogen-bond donors (Lipinski definition) is 0. The van der Waals surface area contributed by atoms with E-state index in [0.717, 1.165) is 11.6 Å². The SMILES string of the molecule is CS(=O)(=O)c1ccc(-n2ccc(OC3CCN(C(=O)c4cccc5cccnc45)CC3)cc2=O)cc1. The van der Waals surface area contributed by atoms with Crippen LogP contribution in [0, 0.1) is 0 Å². The number of fused-ring (bicyclic) bond motifs is 1. The summed E-state index contributed by atoms with van der Waals surface area (Å²) in [5.41, 5.74) is 1.58. The van der Waals surface area contributed by atoms with Crippen LogP contribution in [-0.4, -0.2) is 54.2 Å². The molecule has 0 unspecified atom stereocenters. The predicted molar refractivity (Wildman–Crippen MR) is 136 cm³/mol. The van der Waals surface area contributed by atoms with Crippen LogP contribution >= 0.6 is 0 Å². The topological polar surface area (TPSA) is 98.6 Å². The number of rotatable bonds is 5. The first-order chi connectivity index (χ1) is 17.3. The van der Waals surface area contributed by atoms with Gasteiger partial charge in [-0.15, -0.1) is 0 Å². The number of likely N-dealkylation sites (tertiary alicyclic amines) is 1. The molecule has 0 atom stereocenters. The molecule has 0 saturated carbocycles. The fourth-order valence-electron chi connectivity index (χ4n) is 4.42. The zero-order valence-corrected chi connectivity index (χ0v) is 20.5. The molecule has 1 saturated heterocycles. The maximum atomic E-state index is 13.1. The summed E-state index contributed by atoms with van der Waals surface area (Å²) in [7, 11) is -3.31. The summed E-state index contributed by atoms with van der Waals surface area (Å²) in [6.07, 6.45) is 5.64. The summed E-state index contributed by atoms with van der Waals surface area (Å²) >= 11 is 0. The lowest BCUT2D eigenvalue weighted by molar-refractivity contribution is 0.0597. The normalized spacial score (nSPS) is 14.6. The highest BCUT2D eigenvalue weighted by molar-refractivity contribution is 7.90. The molecule has 2 aromatic carbocycles. The van der Waals surface area contributed by atoms with E-state index in [1.54, 1.807) is 30.6 Å². The third kappa shape index (κ3) is 4.87. The van der Waals surface area contributed by atoms with E-state index in [9.17, 15) is 18.0 Å². The average Bonchev–Trinajstić information content (AvgIpc) is 2.88. The van der Waals surface area contributed by atoms with Crippen molar-refractivity contribution < 1.29 is 17.9 Å². The number of amides is 1. The van der Waals surface area contributed by atoms with Crippen molar-refractivity contribution >= 4 is 26.6 Å². The predicted octanol–water partition coefficient (Wildman–Crippen LogP) is 3.47. The lowest BCUT2D eigenvalue weighted by Crippen LogP contribution is -2.42. The van der Waals surface area contributed by atoms with Crippen molar-refractivity contribution in [3.63, 3.8) is 0 Å². The molecular weight excluding hydrogens is 478 g/mol. The molecule has 9 heteroatoms. The summed E-state index contributed by atoms with van der Waals surface area (Å²) in [4.78, 5) is 32.2. The minimum atomic E-state index is -3.31. The number of carbonyl (C=O) groups excluding carboxylic acids is 1. The van der Waals surface area contributed by atoms with Gasteiger partial charge in [0.2, 0.25) is 0 Å². The maximum Gasteiger partial charge on any atom is 0.258 e. The van der Waals surface area contributed by atoms with Crippen LogP contribution in [0.1, 0.15) is 23.2 Å². The van der Waals surface area contributed by atoms with Crippen molar-refractivity contribution in [3.05, 3.63) is 95.0 Å². The average molecular weight is 504 g/mol. The molecule has 8 nitrogen and oxygen atoms in total. The van der Waals surface area contributed by atoms with Crippen LogP contribution in [0.5, 0.6) is 5.75 Å². The van der Waals surface area contributed by atoms with E-state index in [1.807, 2.05) is 35.2 Å². The highest BCUT2D eigenvalue weighted by atomic mass is 32.2. The first kappa shape index (κ1) is 23.7. The molecule has 2 aromatic heterocycles. The van der Waals surface area contributed by atoms with Gasteiger partial charge in [0.15, 0.2) is 9.84 Å². The molecule has 3 heterocycles. The third-order valence-electron chi connectivity index (χ3n) is 6.33. The van der Waals surface area contributed by atoms with Gasteiger partial charge in [0.1, 0.15) is 11.9 Å². The van der Waals surface area contributed by atoms with Crippen molar-refractivity contribution in [2.75, 3.05) is 19.3 Å². The fourth-order valence-corrected chi connectivity index (χ4v) is 5.05. The Morgan fingerprint density at radius 1 is 1.00 bits per heavy atom. The first-order valence-corrected chi connectivity index (χ1v) is 13.5. The van der Waals surface area contributed by atoms with Gasteiger partial charge in [-0.25, -0.2) is 8.42 Å². The van der Waals surface area contributed by atoms with Crippen LogP contribution < -0.4 is 10.3 Å². The molecule has 0 bridgehead atoms. The van der Waals surface area contributed by atoms with Gasteiger partial charge in [-0.2, -0.15) is 0 Å². The number of aromatic nitrogens is 2. The van der Waals surface area contributed by atoms with Crippen molar-refractivity contribution in [1.29, 1.82) is 0 Å². The number of piperidine rings is 1. The van der Waals surface area contributed by atoms with E-state index >= 15 is 0 Å². The van der Waals surface area contributed by atoms with Crippen LogP contribution in [0.3, 0.4) is 0 Å². The van der Waals surface area contributed by atoms with E-state index in [2.05, 4.69) is 4.98 Å². The molecule has 36 heavy (non-hydrogen) atoms. The van der Waals surface area contributed by atoms with Crippen LogP contribution in [0.15, 0.2) is 88.8 Å². The quantitative estimate of drug-likeness (QED) is 0.414. The number of ether oxygens (including phenoxy) is 1. The van der Waals surface area contributed by atoms with E-state index in [4.69, 9.17) is 4.74 Å². The minimum absolute atomic E-state index is 0.0396. The van der Waals surface area contributed by atoms with Gasteiger partial charge in [0, 0.05) is 61.7 Å². The molecule has 0 radical (unpaired) electrons. The molecular formula is C27H25N3O5S. The second kappa shape index (κ2) is 9.58. The number of pyridine rings is 2. The zero-order chi connectivity index (χ0) is 25.3. The minimum Gasteiger partial charge on any atom is -0.490 e. The number of para-hydroxylation sites is 1. The molecule has 4 aromatic rings. The van der Waals surface area contributed by atoms with Crippen LogP contribution in [0.2, 0.25) is 0 Å². The summed E-state index contributed by atoms with van der Waals surface area (Å²) in [5, 5.41) is 0.933. The molecule has 184 valence electrons. The molecule has 0 spiro atoms. The van der Waals surface area contributed by atoms with Gasteiger partial charge in [0.05, 0.1) is 16.0 Å². The highest BCUT2D eigenvalue weighted by Crippen LogP contribution is 2.23. The second-order valence-electron chi connectivity index (χ2n) is 8.83. The Bertz CT molecular complexity index is 1580. The highest BCUT2D eigenvalue weighted by Gasteiger charge is 2.26. The molecule has 1 fully saturated rings. The Labute approximate surface area is 208 Å². The molecule has 1 amide bonds. The Hall–Kier alpha value is -3.98. The first-order valence-electron chi connectivity index (χ1n) is 11.6. The Kier molecular flexibility index (Phi) is 6.32. The monoisotopic (exact) mass is 503 g/mol. The maximum absolute atomic E-state index is 13.1. The largest absolute Gasteiger partial charge is 0.490 e. The lowest BCUT2D eigenvalue weighted by Gasteiger charge is -2.32. The molecule has 0 N–H and O–H groups in total. The number of nitrogens with zero attached hydrogens (tertiary/aromatic N) is 3. The van der Waals surface area contributed by atoms with E-state index in [0.29, 0.717) is 48.4 Å². The smallest absolute Gasteiger partial charge is 0.258 e. The van der Waals surface area contributed by atoms with Crippen molar-refractivity contribution in [1.82, 2.24) is 14.5 Å². The molecule has 0 aliphatic carbocycles. The standard InChI is InChI=1S/C27H25N3O5S/c1-36(33,34)23-9-7-20(8-10-23)30-17-13-22(18-25(30)31)35-21-11-15-29(16-12-21)27(32)24-6-2-4-19-5-3-14-28-26(19)24/h2-10,13-14,17-18,21H,11-12,15-16H2,1H3. The number of sulfone groups is 1. The summed E-state index contributed by atoms with van der Waals surface area (Å²) < 4.78 is 30.8. The van der Waals surface area contributed by atoms with E-state index in [1.165, 1.54) is 22.8 Å². The fraction of sp³-hybridized carbons (Fsp3) is 0.222.